The molecule has 0 aliphatic heterocycles. The first-order valence-electron chi connectivity index (χ1n) is 12.3. The van der Waals surface area contributed by atoms with Crippen molar-refractivity contribution in [2.24, 2.45) is 4.99 Å². The van der Waals surface area contributed by atoms with Gasteiger partial charge in [0.15, 0.2) is 0 Å². The van der Waals surface area contributed by atoms with Crippen LogP contribution in [0.1, 0.15) is 34.7 Å². The third kappa shape index (κ3) is 5.17. The number of para-hydroxylation sites is 2. The van der Waals surface area contributed by atoms with Gasteiger partial charge >= 0.3 is 0 Å². The monoisotopic (exact) mass is 534 g/mol. The zero-order valence-electron chi connectivity index (χ0n) is 21.4. The molecule has 1 aliphatic carbocycles. The van der Waals surface area contributed by atoms with Crippen LogP contribution in [0.5, 0.6) is 11.5 Å². The molecule has 0 fully saturated rings. The van der Waals surface area contributed by atoms with E-state index in [-0.39, 0.29) is 24.3 Å². The van der Waals surface area contributed by atoms with Gasteiger partial charge in [-0.25, -0.2) is 0 Å². The third-order valence-corrected chi connectivity index (χ3v) is 6.91. The maximum atomic E-state index is 11.4. The van der Waals surface area contributed by atoms with Gasteiger partial charge in [0.05, 0.1) is 5.69 Å². The molecule has 4 heteroatoms. The van der Waals surface area contributed by atoms with Crippen molar-refractivity contribution in [2.45, 2.75) is 19.3 Å². The molecule has 0 saturated heterocycles. The van der Waals surface area contributed by atoms with Crippen molar-refractivity contribution in [1.82, 2.24) is 0 Å². The van der Waals surface area contributed by atoms with Gasteiger partial charge in [-0.3, -0.25) is 4.99 Å². The Labute approximate surface area is 236 Å². The summed E-state index contributed by atoms with van der Waals surface area (Å²) < 4.78 is 0. The summed E-state index contributed by atoms with van der Waals surface area (Å²) in [5.41, 5.74) is 8.08. The van der Waals surface area contributed by atoms with Crippen LogP contribution in [0.25, 0.3) is 11.1 Å². The fourth-order valence-corrected chi connectivity index (χ4v) is 5.12. The molecule has 3 nitrogen and oxygen atoms in total. The minimum absolute atomic E-state index is 0. The van der Waals surface area contributed by atoms with Crippen LogP contribution in [0, 0.1) is 6.92 Å². The van der Waals surface area contributed by atoms with E-state index in [9.17, 15) is 5.11 Å². The van der Waals surface area contributed by atoms with Gasteiger partial charge in [0.25, 0.3) is 0 Å². The van der Waals surface area contributed by atoms with E-state index in [4.69, 9.17) is 5.11 Å². The zero-order valence-corrected chi connectivity index (χ0v) is 22.8. The number of benzene rings is 5. The molecule has 0 atom stereocenters. The summed E-state index contributed by atoms with van der Waals surface area (Å²) in [5.74, 6) is 0.608. The minimum atomic E-state index is -0.432. The van der Waals surface area contributed by atoms with E-state index in [1.165, 1.54) is 22.3 Å². The quantitative estimate of drug-likeness (QED) is 0.229. The number of aryl methyl sites for hydroxylation is 1. The molecular weight excluding hydrogens is 505 g/mol. The maximum absolute atomic E-state index is 11.4. The van der Waals surface area contributed by atoms with Crippen molar-refractivity contribution in [1.29, 1.82) is 0 Å². The molecule has 1 radical (unpaired) electrons. The van der Waals surface area contributed by atoms with E-state index in [1.807, 2.05) is 42.5 Å². The second-order valence-corrected chi connectivity index (χ2v) is 9.40. The van der Waals surface area contributed by atoms with Gasteiger partial charge in [-0.15, -0.1) is 0 Å². The average molecular weight is 535 g/mol. The Morgan fingerprint density at radius 1 is 0.632 bits per heavy atom. The first kappa shape index (κ1) is 27.0. The number of hydrogen-bond acceptors (Lipinski definition) is 3. The van der Waals surface area contributed by atoms with Crippen LogP contribution in [-0.2, 0) is 24.0 Å². The number of phenols is 2. The largest absolute Gasteiger partial charge is 0.508 e. The molecule has 0 spiro atoms. The summed E-state index contributed by atoms with van der Waals surface area (Å²) in [6.45, 7) is 4.28. The van der Waals surface area contributed by atoms with Crippen LogP contribution in [0.2, 0.25) is 0 Å². The van der Waals surface area contributed by atoms with Crippen LogP contribution in [0.4, 0.5) is 5.69 Å². The summed E-state index contributed by atoms with van der Waals surface area (Å²) in [6, 6.07) is 39.6. The SMILES string of the molecule is Cc1cc(C=Nc2ccccc2)c(O)c(C2(C)c3ccccc3-c3ccccc32)c1.Oc1ccccc1.[V]. The van der Waals surface area contributed by atoms with E-state index in [2.05, 4.69) is 73.4 Å². The van der Waals surface area contributed by atoms with Gasteiger partial charge < -0.3 is 10.2 Å². The molecule has 187 valence electrons. The maximum Gasteiger partial charge on any atom is 0.128 e. The summed E-state index contributed by atoms with van der Waals surface area (Å²) in [7, 11) is 0. The van der Waals surface area contributed by atoms with Crippen LogP contribution in [0.15, 0.2) is 126 Å². The Morgan fingerprint density at radius 3 is 1.66 bits per heavy atom. The average Bonchev–Trinajstić information content (AvgIpc) is 3.20. The van der Waals surface area contributed by atoms with Crippen molar-refractivity contribution < 1.29 is 28.8 Å². The van der Waals surface area contributed by atoms with Crippen molar-refractivity contribution in [3.8, 4) is 22.6 Å². The Bertz CT molecular complexity index is 1520. The predicted molar refractivity (Wildman–Crippen MR) is 152 cm³/mol. The topological polar surface area (TPSA) is 52.8 Å². The number of aromatic hydroxyl groups is 2. The first-order chi connectivity index (χ1) is 18.0. The number of rotatable bonds is 3. The summed E-state index contributed by atoms with van der Waals surface area (Å²) >= 11 is 0. The number of phenolic OH excluding ortho intramolecular Hbond substituents is 2. The molecule has 1 aliphatic rings. The molecule has 2 N–H and O–H groups in total. The molecule has 5 aromatic rings. The molecule has 0 saturated carbocycles. The van der Waals surface area contributed by atoms with Crippen LogP contribution >= 0.6 is 0 Å². The van der Waals surface area contributed by atoms with Crippen molar-refractivity contribution in [3.05, 3.63) is 149 Å². The van der Waals surface area contributed by atoms with Gasteiger partial charge in [0.2, 0.25) is 0 Å². The van der Waals surface area contributed by atoms with E-state index in [0.29, 0.717) is 5.75 Å². The van der Waals surface area contributed by atoms with E-state index in [1.54, 1.807) is 30.5 Å². The Hall–Kier alpha value is -4.05. The van der Waals surface area contributed by atoms with Crippen molar-refractivity contribution >= 4 is 11.9 Å². The summed E-state index contributed by atoms with van der Waals surface area (Å²) in [6.07, 6.45) is 1.76. The van der Waals surface area contributed by atoms with E-state index < -0.39 is 5.41 Å². The number of fused-ring (bicyclic) bond motifs is 3. The molecular formula is C34H29NO2V. The first-order valence-corrected chi connectivity index (χ1v) is 12.3. The fraction of sp³-hybridized carbons (Fsp3) is 0.0882. The molecule has 0 heterocycles. The Morgan fingerprint density at radius 2 is 1.13 bits per heavy atom. The van der Waals surface area contributed by atoms with Gasteiger partial charge in [0.1, 0.15) is 11.5 Å². The zero-order chi connectivity index (χ0) is 25.8. The summed E-state index contributed by atoms with van der Waals surface area (Å²) in [4.78, 5) is 4.57. The molecule has 6 rings (SSSR count). The van der Waals surface area contributed by atoms with E-state index in [0.717, 1.165) is 22.4 Å². The Kier molecular flexibility index (Phi) is 8.21. The van der Waals surface area contributed by atoms with Crippen LogP contribution in [0.3, 0.4) is 0 Å². The Balaban J connectivity index is 0.000000367. The molecule has 0 bridgehead atoms. The summed E-state index contributed by atoms with van der Waals surface area (Å²) in [5, 5.41) is 20.0. The molecule has 0 aromatic heterocycles. The second kappa shape index (κ2) is 11.6. The van der Waals surface area contributed by atoms with Gasteiger partial charge in [-0.05, 0) is 72.0 Å². The van der Waals surface area contributed by atoms with Gasteiger partial charge in [-0.2, -0.15) is 0 Å². The van der Waals surface area contributed by atoms with Gasteiger partial charge in [-0.1, -0.05) is 91.0 Å². The third-order valence-electron chi connectivity index (χ3n) is 6.91. The standard InChI is InChI=1S/C28H23NO.C6H6O.V/c1-19-16-20(18-29-21-10-4-3-5-11-21)27(30)26(17-19)28(2)24-14-8-6-12-22(24)23-13-7-9-15-25(23)28;7-6-4-2-1-3-5-6;/h3-18,30H,1-2H3;1-5,7H;. The predicted octanol–water partition coefficient (Wildman–Crippen LogP) is 8.18. The number of hydrogen-bond donors (Lipinski definition) is 2. The molecule has 5 aromatic carbocycles. The van der Waals surface area contributed by atoms with Crippen LogP contribution in [-0.4, -0.2) is 16.4 Å². The molecule has 38 heavy (non-hydrogen) atoms. The van der Waals surface area contributed by atoms with Crippen molar-refractivity contribution in [3.63, 3.8) is 0 Å². The van der Waals surface area contributed by atoms with Gasteiger partial charge in [0, 0.05) is 41.3 Å². The second-order valence-electron chi connectivity index (χ2n) is 9.40. The number of aliphatic imine (C=N–C) groups is 1. The molecule has 0 unspecified atom stereocenters. The fourth-order valence-electron chi connectivity index (χ4n) is 5.12. The smallest absolute Gasteiger partial charge is 0.128 e. The molecule has 0 amide bonds. The number of nitrogens with zero attached hydrogens (tertiary/aromatic N) is 1. The van der Waals surface area contributed by atoms with Crippen LogP contribution < -0.4 is 0 Å². The van der Waals surface area contributed by atoms with E-state index >= 15 is 0 Å². The minimum Gasteiger partial charge on any atom is -0.508 e. The normalized spacial score (nSPS) is 12.6. The van der Waals surface area contributed by atoms with Crippen molar-refractivity contribution in [2.75, 3.05) is 0 Å².